The number of carbonyl (C=O) groups is 3. The van der Waals surface area contributed by atoms with E-state index in [0.717, 1.165) is 6.42 Å². The lowest BCUT2D eigenvalue weighted by Gasteiger charge is -2.27. The molecule has 3 amide bonds. The average molecular weight is 320 g/mol. The predicted molar refractivity (Wildman–Crippen MR) is 81.6 cm³/mol. The van der Waals surface area contributed by atoms with Gasteiger partial charge in [0.2, 0.25) is 0 Å². The molecule has 1 saturated heterocycles. The lowest BCUT2D eigenvalue weighted by atomic mass is 10.2. The van der Waals surface area contributed by atoms with E-state index in [-0.39, 0.29) is 23.2 Å². The second kappa shape index (κ2) is 7.57. The van der Waals surface area contributed by atoms with Crippen molar-refractivity contribution in [2.24, 2.45) is 0 Å². The van der Waals surface area contributed by atoms with Gasteiger partial charge in [0.15, 0.2) is 0 Å². The molecule has 0 unspecified atom stereocenters. The summed E-state index contributed by atoms with van der Waals surface area (Å²) < 4.78 is 4.59. The number of ether oxygens (including phenoxy) is 1. The van der Waals surface area contributed by atoms with Gasteiger partial charge in [-0.25, -0.2) is 19.6 Å². The van der Waals surface area contributed by atoms with Crippen molar-refractivity contribution >= 4 is 17.9 Å². The van der Waals surface area contributed by atoms with E-state index >= 15 is 0 Å². The Bertz CT molecular complexity index is 588. The molecule has 0 saturated carbocycles. The van der Waals surface area contributed by atoms with Gasteiger partial charge in [-0.1, -0.05) is 6.92 Å². The van der Waals surface area contributed by atoms with Crippen LogP contribution in [-0.2, 0) is 4.74 Å². The van der Waals surface area contributed by atoms with Gasteiger partial charge in [-0.15, -0.1) is 0 Å². The highest BCUT2D eigenvalue weighted by molar-refractivity contribution is 5.95. The van der Waals surface area contributed by atoms with Crippen LogP contribution in [0.5, 0.6) is 0 Å². The normalized spacial score (nSPS) is 13.8. The molecule has 0 atom stereocenters. The lowest BCUT2D eigenvalue weighted by Crippen LogP contribution is -2.49. The van der Waals surface area contributed by atoms with Crippen LogP contribution in [0, 0.1) is 0 Å². The molecule has 1 aromatic rings. The van der Waals surface area contributed by atoms with Crippen molar-refractivity contribution in [3.05, 3.63) is 29.6 Å². The average Bonchev–Trinajstić information content (AvgIpc) is 3.08. The number of methoxy groups -OCH3 is 1. The summed E-state index contributed by atoms with van der Waals surface area (Å²) in [5.74, 6) is -0.885. The molecule has 0 aliphatic carbocycles. The van der Waals surface area contributed by atoms with Crippen LogP contribution in [0.4, 0.5) is 4.79 Å². The van der Waals surface area contributed by atoms with Crippen LogP contribution >= 0.6 is 0 Å². The van der Waals surface area contributed by atoms with Gasteiger partial charge in [-0.05, 0) is 25.0 Å². The maximum absolute atomic E-state index is 12.5. The molecular weight excluding hydrogens is 300 g/mol. The highest BCUT2D eigenvalue weighted by Gasteiger charge is 2.31. The predicted octanol–water partition coefficient (Wildman–Crippen LogP) is 1.05. The summed E-state index contributed by atoms with van der Waals surface area (Å²) in [6, 6.07) is 2.64. The summed E-state index contributed by atoms with van der Waals surface area (Å²) in [4.78, 5) is 40.0. The Morgan fingerprint density at radius 2 is 2.00 bits per heavy atom. The minimum Gasteiger partial charge on any atom is -0.465 e. The smallest absolute Gasteiger partial charge is 0.339 e. The van der Waals surface area contributed by atoms with Crippen molar-refractivity contribution in [3.8, 4) is 0 Å². The first-order valence-corrected chi connectivity index (χ1v) is 7.50. The molecule has 1 aliphatic heterocycles. The zero-order valence-electron chi connectivity index (χ0n) is 13.2. The third kappa shape index (κ3) is 3.77. The van der Waals surface area contributed by atoms with Gasteiger partial charge in [0.05, 0.1) is 12.7 Å². The molecule has 23 heavy (non-hydrogen) atoms. The van der Waals surface area contributed by atoms with Gasteiger partial charge in [0.1, 0.15) is 5.69 Å². The van der Waals surface area contributed by atoms with Crippen LogP contribution < -0.4 is 5.32 Å². The van der Waals surface area contributed by atoms with Crippen LogP contribution in [0.1, 0.15) is 40.6 Å². The van der Waals surface area contributed by atoms with Crippen LogP contribution in [0.2, 0.25) is 0 Å². The SMILES string of the molecule is CCCNC(=O)N1CCCN1C(=O)c1ccc(C(=O)OC)cn1. The summed E-state index contributed by atoms with van der Waals surface area (Å²) in [7, 11) is 1.28. The van der Waals surface area contributed by atoms with Gasteiger partial charge in [-0.2, -0.15) is 0 Å². The monoisotopic (exact) mass is 320 g/mol. The Morgan fingerprint density at radius 1 is 1.26 bits per heavy atom. The highest BCUT2D eigenvalue weighted by Crippen LogP contribution is 2.14. The first-order valence-electron chi connectivity index (χ1n) is 7.50. The van der Waals surface area contributed by atoms with Crippen molar-refractivity contribution in [1.29, 1.82) is 0 Å². The van der Waals surface area contributed by atoms with Gasteiger partial charge >= 0.3 is 12.0 Å². The van der Waals surface area contributed by atoms with Gasteiger partial charge in [0, 0.05) is 25.8 Å². The third-order valence-corrected chi connectivity index (χ3v) is 3.43. The van der Waals surface area contributed by atoms with Gasteiger partial charge in [-0.3, -0.25) is 9.78 Å². The fourth-order valence-electron chi connectivity index (χ4n) is 2.25. The van der Waals surface area contributed by atoms with Crippen molar-refractivity contribution in [3.63, 3.8) is 0 Å². The molecule has 2 rings (SSSR count). The number of hydrogen-bond donors (Lipinski definition) is 1. The fraction of sp³-hybridized carbons (Fsp3) is 0.467. The van der Waals surface area contributed by atoms with E-state index in [0.29, 0.717) is 26.1 Å². The minimum absolute atomic E-state index is 0.174. The standard InChI is InChI=1S/C15H20N4O4/c1-3-7-16-15(22)19-9-4-8-18(19)13(20)12-6-5-11(10-17-12)14(21)23-2/h5-6,10H,3-4,7-9H2,1-2H3,(H,16,22). The van der Waals surface area contributed by atoms with Crippen molar-refractivity contribution in [2.45, 2.75) is 19.8 Å². The first-order chi connectivity index (χ1) is 11.1. The number of hydrogen-bond acceptors (Lipinski definition) is 5. The molecule has 1 aromatic heterocycles. The lowest BCUT2D eigenvalue weighted by molar-refractivity contribution is 0.0371. The van der Waals surface area contributed by atoms with Gasteiger partial charge < -0.3 is 10.1 Å². The molecule has 0 aromatic carbocycles. The van der Waals surface area contributed by atoms with E-state index in [1.165, 1.54) is 35.5 Å². The number of nitrogens with zero attached hydrogens (tertiary/aromatic N) is 3. The number of carbonyl (C=O) groups excluding carboxylic acids is 3. The third-order valence-electron chi connectivity index (χ3n) is 3.43. The largest absolute Gasteiger partial charge is 0.465 e. The minimum atomic E-state index is -0.516. The number of nitrogens with one attached hydrogen (secondary N) is 1. The number of aromatic nitrogens is 1. The van der Waals surface area contributed by atoms with Crippen LogP contribution in [0.15, 0.2) is 18.3 Å². The van der Waals surface area contributed by atoms with Crippen LogP contribution in [-0.4, -0.2) is 59.7 Å². The molecule has 8 heteroatoms. The Morgan fingerprint density at radius 3 is 2.61 bits per heavy atom. The zero-order chi connectivity index (χ0) is 16.8. The molecule has 1 fully saturated rings. The maximum Gasteiger partial charge on any atom is 0.339 e. The topological polar surface area (TPSA) is 91.8 Å². The van der Waals surface area contributed by atoms with Crippen LogP contribution in [0.3, 0.4) is 0 Å². The Hall–Kier alpha value is -2.64. The maximum atomic E-state index is 12.5. The van der Waals surface area contributed by atoms with E-state index in [1.54, 1.807) is 0 Å². The molecule has 1 aliphatic rings. The Kier molecular flexibility index (Phi) is 5.51. The molecule has 0 bridgehead atoms. The zero-order valence-corrected chi connectivity index (χ0v) is 13.2. The van der Waals surface area contributed by atoms with Crippen molar-refractivity contribution < 1.29 is 19.1 Å². The number of hydrazine groups is 1. The van der Waals surface area contributed by atoms with Crippen molar-refractivity contribution in [2.75, 3.05) is 26.7 Å². The molecule has 1 N–H and O–H groups in total. The van der Waals surface area contributed by atoms with E-state index in [4.69, 9.17) is 0 Å². The second-order valence-corrected chi connectivity index (χ2v) is 5.06. The quantitative estimate of drug-likeness (QED) is 0.837. The molecular formula is C15H20N4O4. The molecule has 0 spiro atoms. The van der Waals surface area contributed by atoms with E-state index in [9.17, 15) is 14.4 Å². The molecule has 124 valence electrons. The number of rotatable bonds is 4. The molecule has 2 heterocycles. The Labute approximate surface area is 134 Å². The summed E-state index contributed by atoms with van der Waals surface area (Å²) in [6.07, 6.45) is 2.83. The summed E-state index contributed by atoms with van der Waals surface area (Å²) in [5.41, 5.74) is 0.441. The fourth-order valence-corrected chi connectivity index (χ4v) is 2.25. The summed E-state index contributed by atoms with van der Waals surface area (Å²) >= 11 is 0. The number of pyridine rings is 1. The Balaban J connectivity index is 2.09. The first kappa shape index (κ1) is 16.7. The van der Waals surface area contributed by atoms with E-state index < -0.39 is 5.97 Å². The second-order valence-electron chi connectivity index (χ2n) is 5.06. The van der Waals surface area contributed by atoms with Crippen LogP contribution in [0.25, 0.3) is 0 Å². The number of amides is 3. The van der Waals surface area contributed by atoms with Gasteiger partial charge in [0.25, 0.3) is 5.91 Å². The van der Waals surface area contributed by atoms with E-state index in [2.05, 4.69) is 15.0 Å². The molecule has 8 nitrogen and oxygen atoms in total. The van der Waals surface area contributed by atoms with Crippen molar-refractivity contribution in [1.82, 2.24) is 20.3 Å². The number of esters is 1. The molecule has 0 radical (unpaired) electrons. The summed E-state index contributed by atoms with van der Waals surface area (Å²) in [5, 5.41) is 5.53. The highest BCUT2D eigenvalue weighted by atomic mass is 16.5. The van der Waals surface area contributed by atoms with E-state index in [1.807, 2.05) is 6.92 Å². The number of urea groups is 1. The summed E-state index contributed by atoms with van der Waals surface area (Å²) in [6.45, 7) is 3.46.